The van der Waals surface area contributed by atoms with Crippen LogP contribution >= 0.6 is 0 Å². The van der Waals surface area contributed by atoms with E-state index in [4.69, 9.17) is 0 Å². The van der Waals surface area contributed by atoms with Crippen LogP contribution in [0.25, 0.3) is 0 Å². The van der Waals surface area contributed by atoms with Gasteiger partial charge in [0, 0.05) is 6.42 Å². The molecule has 0 bridgehead atoms. The molecule has 2 rings (SSSR count). The van der Waals surface area contributed by atoms with E-state index in [-0.39, 0.29) is 5.41 Å². The molecule has 0 aromatic heterocycles. The molecule has 17 heavy (non-hydrogen) atoms. The number of hydrogen-bond acceptors (Lipinski definition) is 1. The summed E-state index contributed by atoms with van der Waals surface area (Å²) in [4.78, 5) is 0. The van der Waals surface area contributed by atoms with Crippen LogP contribution < -0.4 is 0 Å². The average molecular weight is 232 g/mol. The van der Waals surface area contributed by atoms with Gasteiger partial charge in [0.15, 0.2) is 0 Å². The van der Waals surface area contributed by atoms with Crippen LogP contribution in [0.2, 0.25) is 0 Å². The van der Waals surface area contributed by atoms with E-state index in [9.17, 15) is 5.11 Å². The minimum Gasteiger partial charge on any atom is -0.389 e. The zero-order valence-corrected chi connectivity index (χ0v) is 11.5. The molecular weight excluding hydrogens is 208 g/mol. The molecule has 0 amide bonds. The zero-order valence-electron chi connectivity index (χ0n) is 11.5. The van der Waals surface area contributed by atoms with Gasteiger partial charge in [-0.3, -0.25) is 0 Å². The van der Waals surface area contributed by atoms with E-state index in [0.717, 1.165) is 19.3 Å². The first-order chi connectivity index (χ1) is 7.81. The van der Waals surface area contributed by atoms with E-state index in [2.05, 4.69) is 52.0 Å². The summed E-state index contributed by atoms with van der Waals surface area (Å²) in [5.41, 5.74) is 2.29. The van der Waals surface area contributed by atoms with Crippen LogP contribution in [-0.4, -0.2) is 10.7 Å². The van der Waals surface area contributed by atoms with Crippen LogP contribution in [0.15, 0.2) is 24.3 Å². The SMILES string of the molecule is Cc1ccc(CC2(O)CC(C)(C)CC2C)cc1. The van der Waals surface area contributed by atoms with E-state index in [1.807, 2.05) is 0 Å². The molecule has 1 nitrogen and oxygen atoms in total. The lowest BCUT2D eigenvalue weighted by atomic mass is 9.84. The molecule has 0 radical (unpaired) electrons. The Morgan fingerprint density at radius 3 is 2.29 bits per heavy atom. The lowest BCUT2D eigenvalue weighted by Crippen LogP contribution is -2.34. The van der Waals surface area contributed by atoms with Gasteiger partial charge in [-0.25, -0.2) is 0 Å². The van der Waals surface area contributed by atoms with Gasteiger partial charge >= 0.3 is 0 Å². The van der Waals surface area contributed by atoms with Crippen molar-refractivity contribution >= 4 is 0 Å². The topological polar surface area (TPSA) is 20.2 Å². The van der Waals surface area contributed by atoms with Crippen molar-refractivity contribution in [1.82, 2.24) is 0 Å². The van der Waals surface area contributed by atoms with E-state index >= 15 is 0 Å². The first kappa shape index (κ1) is 12.6. The molecule has 1 saturated carbocycles. The zero-order chi connectivity index (χ0) is 12.7. The first-order valence-electron chi connectivity index (χ1n) is 6.59. The fourth-order valence-corrected chi connectivity index (χ4v) is 3.39. The molecule has 1 heteroatoms. The summed E-state index contributed by atoms with van der Waals surface area (Å²) in [6.07, 6.45) is 2.82. The fourth-order valence-electron chi connectivity index (χ4n) is 3.39. The van der Waals surface area contributed by atoms with Gasteiger partial charge in [-0.05, 0) is 36.7 Å². The molecule has 0 heterocycles. The maximum absolute atomic E-state index is 10.8. The lowest BCUT2D eigenvalue weighted by molar-refractivity contribution is 0.00445. The quantitative estimate of drug-likeness (QED) is 0.824. The molecule has 94 valence electrons. The van der Waals surface area contributed by atoms with Gasteiger partial charge < -0.3 is 5.11 Å². The van der Waals surface area contributed by atoms with Gasteiger partial charge in [-0.2, -0.15) is 0 Å². The van der Waals surface area contributed by atoms with Crippen molar-refractivity contribution in [2.75, 3.05) is 0 Å². The summed E-state index contributed by atoms with van der Waals surface area (Å²) < 4.78 is 0. The summed E-state index contributed by atoms with van der Waals surface area (Å²) in [5.74, 6) is 0.388. The second-order valence-corrected chi connectivity index (χ2v) is 6.71. The van der Waals surface area contributed by atoms with Crippen LogP contribution in [-0.2, 0) is 6.42 Å². The third-order valence-electron chi connectivity index (χ3n) is 4.19. The van der Waals surface area contributed by atoms with Crippen LogP contribution in [0, 0.1) is 18.3 Å². The van der Waals surface area contributed by atoms with Crippen molar-refractivity contribution in [3.8, 4) is 0 Å². The average Bonchev–Trinajstić information content (AvgIpc) is 2.39. The van der Waals surface area contributed by atoms with Gasteiger partial charge in [0.25, 0.3) is 0 Å². The predicted octanol–water partition coefficient (Wildman–Crippen LogP) is 3.72. The van der Waals surface area contributed by atoms with Gasteiger partial charge in [0.05, 0.1) is 5.60 Å². The molecule has 1 aliphatic rings. The van der Waals surface area contributed by atoms with Gasteiger partial charge in [-0.15, -0.1) is 0 Å². The maximum atomic E-state index is 10.8. The molecule has 1 N–H and O–H groups in total. The minimum absolute atomic E-state index is 0.277. The highest BCUT2D eigenvalue weighted by atomic mass is 16.3. The summed E-state index contributed by atoms with van der Waals surface area (Å²) in [6.45, 7) is 8.80. The monoisotopic (exact) mass is 232 g/mol. The standard InChI is InChI=1S/C16H24O/c1-12-5-7-14(8-6-12)10-16(17)11-15(3,4)9-13(16)2/h5-8,13,17H,9-11H2,1-4H3. The van der Waals surface area contributed by atoms with E-state index in [1.54, 1.807) is 0 Å². The highest BCUT2D eigenvalue weighted by Crippen LogP contribution is 2.48. The highest BCUT2D eigenvalue weighted by Gasteiger charge is 2.47. The summed E-state index contributed by atoms with van der Waals surface area (Å²) in [6, 6.07) is 8.55. The molecule has 1 aliphatic carbocycles. The minimum atomic E-state index is -0.515. The molecule has 1 aromatic rings. The number of aliphatic hydroxyl groups is 1. The van der Waals surface area contributed by atoms with Gasteiger partial charge in [0.1, 0.15) is 0 Å². The largest absolute Gasteiger partial charge is 0.389 e. The van der Waals surface area contributed by atoms with E-state index < -0.39 is 5.60 Å². The number of rotatable bonds is 2. The molecule has 0 aliphatic heterocycles. The van der Waals surface area contributed by atoms with Crippen molar-refractivity contribution in [3.63, 3.8) is 0 Å². The Kier molecular flexibility index (Phi) is 3.07. The highest BCUT2D eigenvalue weighted by molar-refractivity contribution is 5.23. The van der Waals surface area contributed by atoms with Crippen LogP contribution in [0.4, 0.5) is 0 Å². The van der Waals surface area contributed by atoms with Crippen LogP contribution in [0.3, 0.4) is 0 Å². The van der Waals surface area contributed by atoms with Crippen LogP contribution in [0.5, 0.6) is 0 Å². The molecule has 1 fully saturated rings. The van der Waals surface area contributed by atoms with Gasteiger partial charge in [0.2, 0.25) is 0 Å². The maximum Gasteiger partial charge on any atom is 0.0718 e. The molecule has 0 saturated heterocycles. The Labute approximate surface area is 105 Å². The molecule has 2 atom stereocenters. The number of benzene rings is 1. The van der Waals surface area contributed by atoms with Crippen molar-refractivity contribution in [2.24, 2.45) is 11.3 Å². The Bertz CT molecular complexity index is 390. The molecule has 2 unspecified atom stereocenters. The van der Waals surface area contributed by atoms with E-state index in [0.29, 0.717) is 5.92 Å². The third-order valence-corrected chi connectivity index (χ3v) is 4.19. The predicted molar refractivity (Wildman–Crippen MR) is 72.0 cm³/mol. The normalized spacial score (nSPS) is 31.7. The Morgan fingerprint density at radius 2 is 1.82 bits per heavy atom. The molecule has 0 spiro atoms. The molecule has 1 aromatic carbocycles. The van der Waals surface area contributed by atoms with E-state index in [1.165, 1.54) is 11.1 Å². The second kappa shape index (κ2) is 4.13. The van der Waals surface area contributed by atoms with Crippen LogP contribution in [0.1, 0.15) is 44.7 Å². The Balaban J connectivity index is 2.15. The molecular formula is C16H24O. The summed E-state index contributed by atoms with van der Waals surface area (Å²) >= 11 is 0. The first-order valence-corrected chi connectivity index (χ1v) is 6.59. The van der Waals surface area contributed by atoms with Gasteiger partial charge in [-0.1, -0.05) is 50.6 Å². The third kappa shape index (κ3) is 2.71. The Morgan fingerprint density at radius 1 is 1.24 bits per heavy atom. The van der Waals surface area contributed by atoms with Crippen molar-refractivity contribution < 1.29 is 5.11 Å². The fraction of sp³-hybridized carbons (Fsp3) is 0.625. The number of hydrogen-bond donors (Lipinski definition) is 1. The summed E-state index contributed by atoms with van der Waals surface area (Å²) in [7, 11) is 0. The number of aryl methyl sites for hydroxylation is 1. The van der Waals surface area contributed by atoms with Crippen molar-refractivity contribution in [1.29, 1.82) is 0 Å². The summed E-state index contributed by atoms with van der Waals surface area (Å²) in [5, 5.41) is 10.8. The second-order valence-electron chi connectivity index (χ2n) is 6.71. The van der Waals surface area contributed by atoms with Crippen molar-refractivity contribution in [2.45, 2.75) is 52.6 Å². The lowest BCUT2D eigenvalue weighted by Gasteiger charge is -2.28. The Hall–Kier alpha value is -0.820. The smallest absolute Gasteiger partial charge is 0.0718 e. The van der Waals surface area contributed by atoms with Crippen molar-refractivity contribution in [3.05, 3.63) is 35.4 Å².